The van der Waals surface area contributed by atoms with Crippen LogP contribution in [-0.2, 0) is 4.79 Å². The van der Waals surface area contributed by atoms with E-state index in [0.29, 0.717) is 27.6 Å². The van der Waals surface area contributed by atoms with Gasteiger partial charge in [-0.3, -0.25) is 9.59 Å². The first-order chi connectivity index (χ1) is 13.6. The van der Waals surface area contributed by atoms with Crippen LogP contribution in [0.15, 0.2) is 70.6 Å². The van der Waals surface area contributed by atoms with Gasteiger partial charge < -0.3 is 5.32 Å². The molecule has 0 aliphatic rings. The first-order valence-corrected chi connectivity index (χ1v) is 9.31. The summed E-state index contributed by atoms with van der Waals surface area (Å²) in [6.07, 6.45) is 0. The average molecular weight is 395 g/mol. The van der Waals surface area contributed by atoms with Gasteiger partial charge in [-0.1, -0.05) is 30.0 Å². The summed E-state index contributed by atoms with van der Waals surface area (Å²) in [7, 11) is 0. The lowest BCUT2D eigenvalue weighted by Crippen LogP contribution is -2.17. The number of nitrogens with zero attached hydrogens (tertiary/aromatic N) is 3. The number of thioether (sulfide) groups is 1. The molecule has 0 bridgehead atoms. The quantitative estimate of drug-likeness (QED) is 0.507. The molecule has 2 aromatic carbocycles. The number of fused-ring (bicyclic) bond motifs is 1. The number of nitrogens with one attached hydrogen (secondary N) is 2. The summed E-state index contributed by atoms with van der Waals surface area (Å²) in [5.41, 5.74) is 1.76. The molecular formula is C19H14FN5O2S. The Kier molecular flexibility index (Phi) is 4.90. The molecule has 4 rings (SSSR count). The molecule has 1 amide bonds. The number of hydrogen-bond donors (Lipinski definition) is 2. The maximum absolute atomic E-state index is 13.1. The highest BCUT2D eigenvalue weighted by Gasteiger charge is 2.14. The third-order valence-electron chi connectivity index (χ3n) is 3.91. The van der Waals surface area contributed by atoms with Gasteiger partial charge in [-0.05, 0) is 42.5 Å². The van der Waals surface area contributed by atoms with Crippen molar-refractivity contribution < 1.29 is 9.18 Å². The number of aromatic nitrogens is 4. The predicted molar refractivity (Wildman–Crippen MR) is 105 cm³/mol. The standard InChI is InChI=1S/C19H14FN5O2S/c20-13-8-6-12(7-9-13)15-10-16-18(27)22-23-19(25(16)24-15)28-11-17(26)21-14-4-2-1-3-5-14/h1-10H,11H2,(H,21,26)(H,22,27). The van der Waals surface area contributed by atoms with Crippen molar-refractivity contribution >= 4 is 28.9 Å². The van der Waals surface area contributed by atoms with E-state index in [1.165, 1.54) is 16.6 Å². The number of carbonyl (C=O) groups excluding carboxylic acids is 1. The topological polar surface area (TPSA) is 92.2 Å². The molecule has 0 aliphatic carbocycles. The van der Waals surface area contributed by atoms with E-state index in [4.69, 9.17) is 0 Å². The maximum Gasteiger partial charge on any atom is 0.290 e. The van der Waals surface area contributed by atoms with Gasteiger partial charge in [0.2, 0.25) is 11.1 Å². The highest BCUT2D eigenvalue weighted by molar-refractivity contribution is 7.99. The highest BCUT2D eigenvalue weighted by atomic mass is 32.2. The molecular weight excluding hydrogens is 381 g/mol. The smallest absolute Gasteiger partial charge is 0.290 e. The largest absolute Gasteiger partial charge is 0.325 e. The van der Waals surface area contributed by atoms with Crippen LogP contribution in [0.4, 0.5) is 10.1 Å². The summed E-state index contributed by atoms with van der Waals surface area (Å²) in [6.45, 7) is 0. The van der Waals surface area contributed by atoms with Crippen molar-refractivity contribution in [2.45, 2.75) is 5.16 Å². The van der Waals surface area contributed by atoms with Crippen LogP contribution in [0.5, 0.6) is 0 Å². The van der Waals surface area contributed by atoms with E-state index >= 15 is 0 Å². The SMILES string of the molecule is O=C(CSc1n[nH]c(=O)c2cc(-c3ccc(F)cc3)nn12)Nc1ccccc1. The number of hydrogen-bond acceptors (Lipinski definition) is 5. The fourth-order valence-corrected chi connectivity index (χ4v) is 3.30. The third-order valence-corrected chi connectivity index (χ3v) is 4.84. The molecule has 2 N–H and O–H groups in total. The molecule has 0 saturated heterocycles. The van der Waals surface area contributed by atoms with Gasteiger partial charge >= 0.3 is 0 Å². The summed E-state index contributed by atoms with van der Waals surface area (Å²) in [6, 6.07) is 16.5. The Morgan fingerprint density at radius 3 is 2.64 bits per heavy atom. The van der Waals surface area contributed by atoms with Crippen LogP contribution in [0.25, 0.3) is 16.8 Å². The third kappa shape index (κ3) is 3.79. The summed E-state index contributed by atoms with van der Waals surface area (Å²) in [5.74, 6) is -0.467. The Balaban J connectivity index is 1.57. The number of carbonyl (C=O) groups is 1. The molecule has 4 aromatic rings. The predicted octanol–water partition coefficient (Wildman–Crippen LogP) is 2.95. The van der Waals surface area contributed by atoms with Crippen molar-refractivity contribution in [3.8, 4) is 11.3 Å². The maximum atomic E-state index is 13.1. The molecule has 0 spiro atoms. The second kappa shape index (κ2) is 7.65. The Morgan fingerprint density at radius 2 is 1.89 bits per heavy atom. The van der Waals surface area contributed by atoms with Crippen molar-refractivity contribution in [2.75, 3.05) is 11.1 Å². The zero-order valence-electron chi connectivity index (χ0n) is 14.4. The molecule has 0 atom stereocenters. The van der Waals surface area contributed by atoms with Crippen LogP contribution in [0, 0.1) is 5.82 Å². The monoisotopic (exact) mass is 395 g/mol. The zero-order chi connectivity index (χ0) is 19.5. The van der Waals surface area contributed by atoms with Crippen LogP contribution in [0.2, 0.25) is 0 Å². The van der Waals surface area contributed by atoms with E-state index in [9.17, 15) is 14.0 Å². The van der Waals surface area contributed by atoms with Crippen LogP contribution in [0.1, 0.15) is 0 Å². The second-order valence-electron chi connectivity index (χ2n) is 5.87. The fourth-order valence-electron chi connectivity index (χ4n) is 2.60. The molecule has 2 aromatic heterocycles. The number of rotatable bonds is 5. The number of benzene rings is 2. The highest BCUT2D eigenvalue weighted by Crippen LogP contribution is 2.22. The number of H-pyrrole nitrogens is 1. The lowest BCUT2D eigenvalue weighted by molar-refractivity contribution is -0.113. The number of para-hydroxylation sites is 1. The average Bonchev–Trinajstić information content (AvgIpc) is 3.15. The van der Waals surface area contributed by atoms with E-state index in [0.717, 1.165) is 11.8 Å². The van der Waals surface area contributed by atoms with Gasteiger partial charge in [-0.15, -0.1) is 5.10 Å². The van der Waals surface area contributed by atoms with Gasteiger partial charge in [0.05, 0.1) is 11.4 Å². The van der Waals surface area contributed by atoms with Crippen molar-refractivity contribution in [1.82, 2.24) is 19.8 Å². The summed E-state index contributed by atoms with van der Waals surface area (Å²) in [5, 5.41) is 13.9. The van der Waals surface area contributed by atoms with Gasteiger partial charge in [-0.25, -0.2) is 14.0 Å². The van der Waals surface area contributed by atoms with Crippen molar-refractivity contribution in [2.24, 2.45) is 0 Å². The lowest BCUT2D eigenvalue weighted by atomic mass is 10.1. The molecule has 0 saturated carbocycles. The molecule has 0 radical (unpaired) electrons. The molecule has 28 heavy (non-hydrogen) atoms. The number of halogens is 1. The van der Waals surface area contributed by atoms with E-state index in [1.54, 1.807) is 30.3 Å². The minimum atomic E-state index is -0.404. The van der Waals surface area contributed by atoms with Gasteiger partial charge in [0.1, 0.15) is 11.3 Å². The normalized spacial score (nSPS) is 10.9. The zero-order valence-corrected chi connectivity index (χ0v) is 15.2. The molecule has 9 heteroatoms. The Morgan fingerprint density at radius 1 is 1.14 bits per heavy atom. The van der Waals surface area contributed by atoms with Crippen molar-refractivity contribution in [1.29, 1.82) is 0 Å². The lowest BCUT2D eigenvalue weighted by Gasteiger charge is -2.05. The van der Waals surface area contributed by atoms with Gasteiger partial charge in [0.25, 0.3) is 5.56 Å². The number of aromatic amines is 1. The van der Waals surface area contributed by atoms with Crippen LogP contribution in [-0.4, -0.2) is 31.5 Å². The molecule has 7 nitrogen and oxygen atoms in total. The van der Waals surface area contributed by atoms with E-state index in [-0.39, 0.29) is 17.5 Å². The number of anilines is 1. The minimum absolute atomic E-state index is 0.0920. The van der Waals surface area contributed by atoms with E-state index < -0.39 is 5.56 Å². The van der Waals surface area contributed by atoms with E-state index in [2.05, 4.69) is 20.6 Å². The second-order valence-corrected chi connectivity index (χ2v) is 6.81. The van der Waals surface area contributed by atoms with Gasteiger partial charge in [0, 0.05) is 11.3 Å². The Labute approximate surface area is 162 Å². The van der Waals surface area contributed by atoms with Crippen LogP contribution in [0.3, 0.4) is 0 Å². The van der Waals surface area contributed by atoms with Gasteiger partial charge in [-0.2, -0.15) is 5.10 Å². The van der Waals surface area contributed by atoms with Crippen molar-refractivity contribution in [3.05, 3.63) is 76.8 Å². The molecule has 2 heterocycles. The number of amides is 1. The summed E-state index contributed by atoms with van der Waals surface area (Å²) >= 11 is 1.14. The van der Waals surface area contributed by atoms with Gasteiger partial charge in [0.15, 0.2) is 0 Å². The molecule has 0 aliphatic heterocycles. The van der Waals surface area contributed by atoms with Crippen LogP contribution < -0.4 is 10.9 Å². The molecule has 0 fully saturated rings. The summed E-state index contributed by atoms with van der Waals surface area (Å²) in [4.78, 5) is 24.2. The Bertz CT molecular complexity index is 1190. The first kappa shape index (κ1) is 17.9. The van der Waals surface area contributed by atoms with Crippen molar-refractivity contribution in [3.63, 3.8) is 0 Å². The molecule has 140 valence electrons. The Hall–Kier alpha value is -3.46. The molecule has 0 unspecified atom stereocenters. The summed E-state index contributed by atoms with van der Waals surface area (Å²) < 4.78 is 14.5. The fraction of sp³-hybridized carbons (Fsp3) is 0.0526. The van der Waals surface area contributed by atoms with E-state index in [1.807, 2.05) is 18.2 Å². The first-order valence-electron chi connectivity index (χ1n) is 8.32. The van der Waals surface area contributed by atoms with Crippen LogP contribution >= 0.6 is 11.8 Å². The minimum Gasteiger partial charge on any atom is -0.325 e.